The molecule has 9 heteroatoms. The van der Waals surface area contributed by atoms with Gasteiger partial charge in [-0.2, -0.15) is 5.10 Å². The Bertz CT molecular complexity index is 1070. The third-order valence-corrected chi connectivity index (χ3v) is 5.31. The Morgan fingerprint density at radius 2 is 1.85 bits per heavy atom. The summed E-state index contributed by atoms with van der Waals surface area (Å²) in [6, 6.07) is 10.5. The Morgan fingerprint density at radius 3 is 2.37 bits per heavy atom. The Balaban J connectivity index is 2.41. The second-order valence-corrected chi connectivity index (χ2v) is 7.90. The molecule has 0 aliphatic heterocycles. The minimum Gasteiger partial charge on any atom is -0.239 e. The van der Waals surface area contributed by atoms with Crippen LogP contribution in [0.3, 0.4) is 0 Å². The summed E-state index contributed by atoms with van der Waals surface area (Å²) in [6.07, 6.45) is 2.24. The second kappa shape index (κ2) is 7.03. The zero-order chi connectivity index (χ0) is 19.8. The SMILES string of the molecule is CCC(F)(F)c1cc(-c2ccc(Cl)cc2)cc(S(N)(=O)=O)c1-n1cccn1. The molecule has 0 amide bonds. The molecular formula is C18H16ClF2N3O2S. The lowest BCUT2D eigenvalue weighted by molar-refractivity contribution is -0.00853. The average molecular weight is 412 g/mol. The van der Waals surface area contributed by atoms with E-state index in [4.69, 9.17) is 16.7 Å². The molecular weight excluding hydrogens is 396 g/mol. The maximum Gasteiger partial charge on any atom is 0.275 e. The zero-order valence-electron chi connectivity index (χ0n) is 14.2. The lowest BCUT2D eigenvalue weighted by atomic mass is 9.97. The van der Waals surface area contributed by atoms with Crippen molar-refractivity contribution in [3.8, 4) is 16.8 Å². The van der Waals surface area contributed by atoms with Gasteiger partial charge in [-0.1, -0.05) is 30.7 Å². The topological polar surface area (TPSA) is 78.0 Å². The fourth-order valence-electron chi connectivity index (χ4n) is 2.74. The smallest absolute Gasteiger partial charge is 0.239 e. The highest BCUT2D eigenvalue weighted by atomic mass is 35.5. The number of hydrogen-bond donors (Lipinski definition) is 1. The molecule has 0 saturated heterocycles. The maximum absolute atomic E-state index is 14.8. The molecule has 0 aliphatic carbocycles. The number of primary sulfonamides is 1. The van der Waals surface area contributed by atoms with Crippen LogP contribution in [-0.4, -0.2) is 18.2 Å². The fraction of sp³-hybridized carbons (Fsp3) is 0.167. The van der Waals surface area contributed by atoms with Gasteiger partial charge in [0.25, 0.3) is 5.92 Å². The van der Waals surface area contributed by atoms with E-state index in [9.17, 15) is 17.2 Å². The second-order valence-electron chi connectivity index (χ2n) is 5.93. The van der Waals surface area contributed by atoms with Gasteiger partial charge in [-0.25, -0.2) is 27.0 Å². The van der Waals surface area contributed by atoms with E-state index in [1.54, 1.807) is 24.3 Å². The molecule has 3 rings (SSSR count). The van der Waals surface area contributed by atoms with Crippen LogP contribution in [0.2, 0.25) is 5.02 Å². The van der Waals surface area contributed by atoms with Crippen LogP contribution in [0.25, 0.3) is 16.8 Å². The van der Waals surface area contributed by atoms with Gasteiger partial charge in [-0.3, -0.25) is 0 Å². The Labute approximate surface area is 160 Å². The van der Waals surface area contributed by atoms with Crippen LogP contribution >= 0.6 is 11.6 Å². The summed E-state index contributed by atoms with van der Waals surface area (Å²) >= 11 is 5.87. The van der Waals surface area contributed by atoms with Gasteiger partial charge in [-0.15, -0.1) is 0 Å². The average Bonchev–Trinajstić information content (AvgIpc) is 3.15. The number of aromatic nitrogens is 2. The number of hydrogen-bond acceptors (Lipinski definition) is 3. The summed E-state index contributed by atoms with van der Waals surface area (Å²) in [5.41, 5.74) is 0.0939. The van der Waals surface area contributed by atoms with Gasteiger partial charge in [0, 0.05) is 29.4 Å². The van der Waals surface area contributed by atoms with Crippen molar-refractivity contribution in [2.45, 2.75) is 24.2 Å². The van der Waals surface area contributed by atoms with Crippen LogP contribution in [0.5, 0.6) is 0 Å². The van der Waals surface area contributed by atoms with Crippen molar-refractivity contribution in [2.75, 3.05) is 0 Å². The van der Waals surface area contributed by atoms with Crippen LogP contribution in [0.1, 0.15) is 18.9 Å². The molecule has 0 spiro atoms. The number of alkyl halides is 2. The molecule has 2 aromatic carbocycles. The first-order valence-corrected chi connectivity index (χ1v) is 9.91. The summed E-state index contributed by atoms with van der Waals surface area (Å²) in [6.45, 7) is 1.32. The van der Waals surface area contributed by atoms with E-state index in [0.717, 1.165) is 4.68 Å². The van der Waals surface area contributed by atoms with Crippen LogP contribution in [-0.2, 0) is 15.9 Å². The van der Waals surface area contributed by atoms with Crippen molar-refractivity contribution in [3.05, 3.63) is 65.4 Å². The summed E-state index contributed by atoms with van der Waals surface area (Å²) in [5.74, 6) is -3.29. The van der Waals surface area contributed by atoms with Gasteiger partial charge in [0.05, 0.1) is 5.69 Å². The van der Waals surface area contributed by atoms with Gasteiger partial charge >= 0.3 is 0 Å². The minimum absolute atomic E-state index is 0.257. The Morgan fingerprint density at radius 1 is 1.19 bits per heavy atom. The number of halogens is 3. The first-order valence-electron chi connectivity index (χ1n) is 7.98. The third kappa shape index (κ3) is 3.87. The van der Waals surface area contributed by atoms with Crippen molar-refractivity contribution in [1.82, 2.24) is 9.78 Å². The van der Waals surface area contributed by atoms with Crippen molar-refractivity contribution in [1.29, 1.82) is 0 Å². The lowest BCUT2D eigenvalue weighted by Gasteiger charge is -2.22. The lowest BCUT2D eigenvalue weighted by Crippen LogP contribution is -2.22. The van der Waals surface area contributed by atoms with E-state index in [1.165, 1.54) is 37.5 Å². The van der Waals surface area contributed by atoms with Crippen LogP contribution in [0.4, 0.5) is 8.78 Å². The largest absolute Gasteiger partial charge is 0.275 e. The molecule has 0 unspecified atom stereocenters. The molecule has 3 aromatic rings. The van der Waals surface area contributed by atoms with Crippen LogP contribution in [0, 0.1) is 0 Å². The molecule has 0 atom stereocenters. The van der Waals surface area contributed by atoms with E-state index >= 15 is 0 Å². The van der Waals surface area contributed by atoms with Crippen LogP contribution in [0.15, 0.2) is 59.8 Å². The van der Waals surface area contributed by atoms with Gasteiger partial charge in [-0.05, 0) is 41.5 Å². The van der Waals surface area contributed by atoms with Crippen molar-refractivity contribution < 1.29 is 17.2 Å². The highest BCUT2D eigenvalue weighted by Gasteiger charge is 2.36. The quantitative estimate of drug-likeness (QED) is 0.678. The molecule has 27 heavy (non-hydrogen) atoms. The highest BCUT2D eigenvalue weighted by Crippen LogP contribution is 2.40. The van der Waals surface area contributed by atoms with Crippen molar-refractivity contribution >= 4 is 21.6 Å². The maximum atomic E-state index is 14.8. The monoisotopic (exact) mass is 411 g/mol. The van der Waals surface area contributed by atoms with E-state index in [2.05, 4.69) is 5.10 Å². The van der Waals surface area contributed by atoms with E-state index in [0.29, 0.717) is 10.6 Å². The number of nitrogens with two attached hydrogens (primary N) is 1. The molecule has 142 valence electrons. The van der Waals surface area contributed by atoms with E-state index in [-0.39, 0.29) is 11.3 Å². The van der Waals surface area contributed by atoms with Gasteiger partial charge in [0.15, 0.2) is 0 Å². The molecule has 5 nitrogen and oxygen atoms in total. The fourth-order valence-corrected chi connectivity index (χ4v) is 3.63. The standard InChI is InChI=1S/C18H16ClF2N3O2S/c1-2-18(20,21)15-10-13(12-4-6-14(19)7-5-12)11-16(27(22,25)26)17(15)24-9-3-8-23-24/h3-11H,2H2,1H3,(H2,22,25,26). The van der Waals surface area contributed by atoms with E-state index in [1.807, 2.05) is 0 Å². The Kier molecular flexibility index (Phi) is 5.07. The molecule has 0 aliphatic rings. The molecule has 1 aromatic heterocycles. The molecule has 1 heterocycles. The number of rotatable bonds is 5. The number of nitrogens with zero attached hydrogens (tertiary/aromatic N) is 2. The first kappa shape index (κ1) is 19.5. The minimum atomic E-state index is -4.31. The van der Waals surface area contributed by atoms with Gasteiger partial charge in [0.2, 0.25) is 10.0 Å². The molecule has 0 bridgehead atoms. The number of sulfonamides is 1. The van der Waals surface area contributed by atoms with Crippen molar-refractivity contribution in [2.24, 2.45) is 5.14 Å². The van der Waals surface area contributed by atoms with Gasteiger partial charge < -0.3 is 0 Å². The Hall–Kier alpha value is -2.29. The molecule has 0 fully saturated rings. The number of benzene rings is 2. The predicted molar refractivity (Wildman–Crippen MR) is 99.6 cm³/mol. The summed E-state index contributed by atoms with van der Waals surface area (Å²) in [7, 11) is -4.31. The third-order valence-electron chi connectivity index (χ3n) is 4.13. The summed E-state index contributed by atoms with van der Waals surface area (Å²) in [4.78, 5) is -0.429. The first-order chi connectivity index (χ1) is 12.6. The zero-order valence-corrected chi connectivity index (χ0v) is 15.8. The van der Waals surface area contributed by atoms with Gasteiger partial charge in [0.1, 0.15) is 4.90 Å². The summed E-state index contributed by atoms with van der Waals surface area (Å²) < 4.78 is 55.1. The predicted octanol–water partition coefficient (Wildman–Crippen LogP) is 4.34. The molecule has 0 radical (unpaired) electrons. The normalized spacial score (nSPS) is 12.3. The molecule has 0 saturated carbocycles. The highest BCUT2D eigenvalue weighted by molar-refractivity contribution is 7.89. The van der Waals surface area contributed by atoms with Crippen LogP contribution < -0.4 is 5.14 Å². The van der Waals surface area contributed by atoms with E-state index < -0.39 is 32.8 Å². The van der Waals surface area contributed by atoms with Crippen molar-refractivity contribution in [3.63, 3.8) is 0 Å². The molecule has 2 N–H and O–H groups in total. The summed E-state index contributed by atoms with van der Waals surface area (Å²) in [5, 5.41) is 9.75.